The van der Waals surface area contributed by atoms with E-state index in [0.29, 0.717) is 17.4 Å². The summed E-state index contributed by atoms with van der Waals surface area (Å²) in [4.78, 5) is 29.3. The fourth-order valence-corrected chi connectivity index (χ4v) is 5.08. The number of aromatic amines is 2. The van der Waals surface area contributed by atoms with Crippen molar-refractivity contribution in [2.75, 3.05) is 5.32 Å². The van der Waals surface area contributed by atoms with E-state index in [4.69, 9.17) is 4.98 Å². The highest BCUT2D eigenvalue weighted by molar-refractivity contribution is 5.96. The van der Waals surface area contributed by atoms with Crippen LogP contribution in [-0.2, 0) is 4.79 Å². The Kier molecular flexibility index (Phi) is 5.92. The quantitative estimate of drug-likeness (QED) is 0.266. The van der Waals surface area contributed by atoms with Crippen LogP contribution < -0.4 is 5.32 Å². The van der Waals surface area contributed by atoms with E-state index in [0.717, 1.165) is 70.0 Å². The van der Waals surface area contributed by atoms with Crippen molar-refractivity contribution in [3.8, 4) is 22.6 Å². The maximum Gasteiger partial charge on any atom is 0.226 e. The van der Waals surface area contributed by atoms with Crippen LogP contribution in [0.5, 0.6) is 0 Å². The molecule has 37 heavy (non-hydrogen) atoms. The van der Waals surface area contributed by atoms with Crippen LogP contribution in [0.1, 0.15) is 51.0 Å². The number of nitrogens with zero attached hydrogens (tertiary/aromatic N) is 4. The highest BCUT2D eigenvalue weighted by atomic mass is 16.3. The first kappa shape index (κ1) is 23.3. The van der Waals surface area contributed by atoms with Gasteiger partial charge < -0.3 is 15.4 Å². The summed E-state index contributed by atoms with van der Waals surface area (Å²) in [6.07, 6.45) is 10.4. The number of pyridine rings is 2. The van der Waals surface area contributed by atoms with Gasteiger partial charge in [0.1, 0.15) is 5.69 Å². The molecule has 0 unspecified atom stereocenters. The molecule has 1 aliphatic rings. The van der Waals surface area contributed by atoms with Crippen molar-refractivity contribution >= 4 is 33.5 Å². The fourth-order valence-electron chi connectivity index (χ4n) is 5.08. The predicted molar refractivity (Wildman–Crippen MR) is 143 cm³/mol. The lowest BCUT2D eigenvalue weighted by atomic mass is 9.83. The van der Waals surface area contributed by atoms with E-state index in [2.05, 4.69) is 36.5 Å². The van der Waals surface area contributed by atoms with Gasteiger partial charge in [0.25, 0.3) is 0 Å². The Balaban J connectivity index is 1.36. The molecular formula is C28H29N7O2. The predicted octanol–water partition coefficient (Wildman–Crippen LogP) is 5.18. The van der Waals surface area contributed by atoms with Crippen molar-refractivity contribution in [3.05, 3.63) is 54.6 Å². The lowest BCUT2D eigenvalue weighted by Gasteiger charge is -2.25. The number of aromatic nitrogens is 6. The summed E-state index contributed by atoms with van der Waals surface area (Å²) in [5.41, 5.74) is 7.07. The molecule has 5 aromatic rings. The minimum absolute atomic E-state index is 0.0466. The molecule has 1 amide bonds. The van der Waals surface area contributed by atoms with E-state index < -0.39 is 0 Å². The van der Waals surface area contributed by atoms with Gasteiger partial charge in [0.15, 0.2) is 5.82 Å². The molecule has 0 atom stereocenters. The zero-order chi connectivity index (χ0) is 25.5. The zero-order valence-corrected chi connectivity index (χ0v) is 20.8. The Morgan fingerprint density at radius 1 is 1.00 bits per heavy atom. The Hall–Kier alpha value is -4.11. The number of amides is 1. The van der Waals surface area contributed by atoms with Gasteiger partial charge in [-0.15, -0.1) is 0 Å². The molecule has 9 nitrogen and oxygen atoms in total. The molecule has 1 fully saturated rings. The number of H-pyrrole nitrogens is 2. The number of aliphatic hydroxyl groups excluding tert-OH is 1. The molecular weight excluding hydrogens is 466 g/mol. The van der Waals surface area contributed by atoms with Crippen LogP contribution in [0.2, 0.25) is 0 Å². The van der Waals surface area contributed by atoms with Crippen LogP contribution in [0, 0.1) is 5.92 Å². The number of nitrogens with one attached hydrogen (secondary N) is 3. The van der Waals surface area contributed by atoms with Gasteiger partial charge in [0.2, 0.25) is 5.91 Å². The van der Waals surface area contributed by atoms with Crippen molar-refractivity contribution in [1.29, 1.82) is 0 Å². The minimum Gasteiger partial charge on any atom is -0.393 e. The highest BCUT2D eigenvalue weighted by Gasteiger charge is 2.24. The summed E-state index contributed by atoms with van der Waals surface area (Å²) in [7, 11) is 0. The maximum absolute atomic E-state index is 12.1. The monoisotopic (exact) mass is 495 g/mol. The molecule has 4 heterocycles. The number of aliphatic hydroxyl groups is 1. The molecule has 0 bridgehead atoms. The van der Waals surface area contributed by atoms with Crippen LogP contribution in [0.15, 0.2) is 49.1 Å². The van der Waals surface area contributed by atoms with Gasteiger partial charge >= 0.3 is 0 Å². The average molecular weight is 496 g/mol. The second-order valence-electron chi connectivity index (χ2n) is 10.2. The van der Waals surface area contributed by atoms with E-state index in [9.17, 15) is 9.90 Å². The number of rotatable bonds is 5. The van der Waals surface area contributed by atoms with Crippen molar-refractivity contribution in [1.82, 2.24) is 30.1 Å². The van der Waals surface area contributed by atoms with Gasteiger partial charge in [-0.05, 0) is 55.4 Å². The van der Waals surface area contributed by atoms with Crippen molar-refractivity contribution < 1.29 is 9.90 Å². The number of imidazole rings is 1. The topological polar surface area (TPSA) is 132 Å². The Labute approximate surface area is 213 Å². The highest BCUT2D eigenvalue weighted by Crippen LogP contribution is 2.37. The Bertz CT molecular complexity index is 1600. The maximum atomic E-state index is 12.1. The second-order valence-corrected chi connectivity index (χ2v) is 10.2. The molecule has 1 aromatic carbocycles. The molecule has 6 rings (SSSR count). The number of hydrogen-bond acceptors (Lipinski definition) is 6. The molecule has 9 heteroatoms. The molecule has 1 aliphatic carbocycles. The van der Waals surface area contributed by atoms with E-state index in [1.54, 1.807) is 18.6 Å². The largest absolute Gasteiger partial charge is 0.393 e. The zero-order valence-electron chi connectivity index (χ0n) is 20.8. The molecule has 1 saturated carbocycles. The van der Waals surface area contributed by atoms with Gasteiger partial charge in [0, 0.05) is 34.8 Å². The summed E-state index contributed by atoms with van der Waals surface area (Å²) < 4.78 is 0. The molecule has 4 aromatic heterocycles. The fraction of sp³-hybridized carbons (Fsp3) is 0.321. The third kappa shape index (κ3) is 4.46. The lowest BCUT2D eigenvalue weighted by Crippen LogP contribution is -2.17. The van der Waals surface area contributed by atoms with Crippen molar-refractivity contribution in [3.63, 3.8) is 0 Å². The number of benzene rings is 1. The van der Waals surface area contributed by atoms with Crippen molar-refractivity contribution in [2.24, 2.45) is 5.92 Å². The molecule has 188 valence electrons. The standard InChI is InChI=1S/C28H29N7O2/c1-15(2)28(37)31-19-9-18(11-29-12-19)17-5-8-23-21(10-17)26(35-34-23)27-32-24-14-30-13-22(25(24)33-27)16-3-6-20(36)7-4-16/h5,8-16,20,36H,3-4,6-7H2,1-2H3,(H,31,37)(H,32,33)(H,34,35). The number of fused-ring (bicyclic) bond motifs is 2. The second kappa shape index (κ2) is 9.40. The van der Waals surface area contributed by atoms with Crippen molar-refractivity contribution in [2.45, 2.75) is 51.6 Å². The normalized spacial score (nSPS) is 18.1. The molecule has 0 spiro atoms. The Morgan fingerprint density at radius 3 is 2.62 bits per heavy atom. The third-order valence-electron chi connectivity index (χ3n) is 7.21. The van der Waals surface area contributed by atoms with Crippen LogP contribution in [0.25, 0.3) is 44.6 Å². The first-order valence-electron chi connectivity index (χ1n) is 12.7. The average Bonchev–Trinajstić information content (AvgIpc) is 3.53. The van der Waals surface area contributed by atoms with Gasteiger partial charge in [-0.1, -0.05) is 19.9 Å². The van der Waals surface area contributed by atoms with Crippen LogP contribution >= 0.6 is 0 Å². The summed E-state index contributed by atoms with van der Waals surface area (Å²) in [5.74, 6) is 0.862. The molecule has 4 N–H and O–H groups in total. The van der Waals surface area contributed by atoms with E-state index >= 15 is 0 Å². The van der Waals surface area contributed by atoms with Gasteiger partial charge in [-0.3, -0.25) is 19.9 Å². The summed E-state index contributed by atoms with van der Waals surface area (Å²) in [6, 6.07) is 7.99. The van der Waals surface area contributed by atoms with E-state index in [1.165, 1.54) is 0 Å². The van der Waals surface area contributed by atoms with Gasteiger partial charge in [0.05, 0.1) is 40.7 Å². The minimum atomic E-state index is -0.204. The summed E-state index contributed by atoms with van der Waals surface area (Å²) >= 11 is 0. The first-order chi connectivity index (χ1) is 18.0. The third-order valence-corrected chi connectivity index (χ3v) is 7.21. The van der Waals surface area contributed by atoms with E-state index in [1.807, 2.05) is 38.2 Å². The summed E-state index contributed by atoms with van der Waals surface area (Å²) in [5, 5.41) is 21.5. The van der Waals surface area contributed by atoms with E-state index in [-0.39, 0.29) is 17.9 Å². The van der Waals surface area contributed by atoms with Crippen LogP contribution in [0.3, 0.4) is 0 Å². The van der Waals surface area contributed by atoms with Crippen LogP contribution in [0.4, 0.5) is 5.69 Å². The smallest absolute Gasteiger partial charge is 0.226 e. The Morgan fingerprint density at radius 2 is 1.81 bits per heavy atom. The first-order valence-corrected chi connectivity index (χ1v) is 12.7. The number of anilines is 1. The van der Waals surface area contributed by atoms with Crippen LogP contribution in [-0.4, -0.2) is 47.3 Å². The molecule has 0 saturated heterocycles. The lowest BCUT2D eigenvalue weighted by molar-refractivity contribution is -0.118. The number of carbonyl (C=O) groups is 1. The number of carbonyl (C=O) groups excluding carboxylic acids is 1. The molecule has 0 aliphatic heterocycles. The molecule has 0 radical (unpaired) electrons. The van der Waals surface area contributed by atoms with Gasteiger partial charge in [-0.25, -0.2) is 4.98 Å². The number of hydrogen-bond donors (Lipinski definition) is 4. The van der Waals surface area contributed by atoms with Gasteiger partial charge in [-0.2, -0.15) is 5.10 Å². The SMILES string of the molecule is CC(C)C(=O)Nc1cncc(-c2ccc3[nH]nc(-c4nc5c(C6CCC(O)CC6)cncc5[nH]4)c3c2)c1. The summed E-state index contributed by atoms with van der Waals surface area (Å²) in [6.45, 7) is 3.72.